The third kappa shape index (κ3) is 4.17. The monoisotopic (exact) mass is 582 g/mol. The molecule has 1 heteroatoms. The highest BCUT2D eigenvalue weighted by Crippen LogP contribution is 2.45. The Kier molecular flexibility index (Phi) is 4.01. The summed E-state index contributed by atoms with van der Waals surface area (Å²) in [7, 11) is 0. The molecule has 0 saturated heterocycles. The fourth-order valence-corrected chi connectivity index (χ4v) is 6.52. The molecule has 0 radical (unpaired) electrons. The molecule has 9 rings (SSSR count). The van der Waals surface area contributed by atoms with Crippen molar-refractivity contribution in [3.63, 3.8) is 0 Å². The van der Waals surface area contributed by atoms with Crippen molar-refractivity contribution in [2.45, 2.75) is 0 Å². The summed E-state index contributed by atoms with van der Waals surface area (Å²) in [5.74, 6) is 0. The van der Waals surface area contributed by atoms with Crippen LogP contribution < -0.4 is 0 Å². The van der Waals surface area contributed by atoms with E-state index in [0.717, 1.165) is 49.2 Å². The van der Waals surface area contributed by atoms with Gasteiger partial charge in [0.05, 0.1) is 13.7 Å². The molecule has 0 aliphatic carbocycles. The topological polar surface area (TPSA) is 13.1 Å². The smallest absolute Gasteiger partial charge is 0.136 e. The van der Waals surface area contributed by atoms with Gasteiger partial charge in [-0.3, -0.25) is 0 Å². The van der Waals surface area contributed by atoms with E-state index < -0.39 is 24.2 Å². The lowest BCUT2D eigenvalue weighted by molar-refractivity contribution is 0.669. The SMILES string of the molecule is [2H]c1c([2H])c([2H])c(-c2ccc(-c3c4ccccc4c(-c4ccc5oc6cccc(-c7c([2H])c([2H])c([2H])c([2H])c7[2H])c6c5c4)c4ccccc34)cc2)c([2H])c1[2H]. The van der Waals surface area contributed by atoms with Gasteiger partial charge in [-0.1, -0.05) is 151 Å². The van der Waals surface area contributed by atoms with Crippen molar-refractivity contribution >= 4 is 43.5 Å². The van der Waals surface area contributed by atoms with Crippen LogP contribution in [0.5, 0.6) is 0 Å². The van der Waals surface area contributed by atoms with Crippen LogP contribution in [0.3, 0.4) is 0 Å². The Labute approximate surface area is 275 Å². The number of furan rings is 1. The van der Waals surface area contributed by atoms with Crippen LogP contribution in [0.4, 0.5) is 0 Å². The van der Waals surface area contributed by atoms with Crippen LogP contribution in [-0.2, 0) is 0 Å². The quantitative estimate of drug-likeness (QED) is 0.188. The van der Waals surface area contributed by atoms with Crippen LogP contribution in [0.1, 0.15) is 13.7 Å². The first-order valence-electron chi connectivity index (χ1n) is 19.6. The Balaban J connectivity index is 1.27. The number of fused-ring (bicyclic) bond motifs is 5. The van der Waals surface area contributed by atoms with E-state index in [4.69, 9.17) is 18.1 Å². The zero-order valence-electron chi connectivity index (χ0n) is 33.8. The second kappa shape index (κ2) is 10.4. The maximum atomic E-state index is 8.71. The van der Waals surface area contributed by atoms with Crippen molar-refractivity contribution in [3.05, 3.63) is 170 Å². The number of rotatable bonds is 4. The lowest BCUT2D eigenvalue weighted by Gasteiger charge is -2.18. The van der Waals surface area contributed by atoms with Crippen molar-refractivity contribution in [3.8, 4) is 44.5 Å². The second-order valence-electron chi connectivity index (χ2n) is 10.9. The van der Waals surface area contributed by atoms with E-state index >= 15 is 0 Å². The molecule has 0 N–H and O–H groups in total. The van der Waals surface area contributed by atoms with Gasteiger partial charge in [0.2, 0.25) is 0 Å². The molecule has 1 aromatic heterocycles. The van der Waals surface area contributed by atoms with E-state index in [-0.39, 0.29) is 47.4 Å². The summed E-state index contributed by atoms with van der Waals surface area (Å²) >= 11 is 0. The highest BCUT2D eigenvalue weighted by molar-refractivity contribution is 6.22. The van der Waals surface area contributed by atoms with E-state index in [1.807, 2.05) is 60.7 Å². The lowest BCUT2D eigenvalue weighted by atomic mass is 9.85. The molecule has 9 aromatic rings. The highest BCUT2D eigenvalue weighted by atomic mass is 16.3. The molecular formula is C44H28O. The first-order valence-corrected chi connectivity index (χ1v) is 14.6. The van der Waals surface area contributed by atoms with Crippen LogP contribution in [-0.4, -0.2) is 0 Å². The normalized spacial score (nSPS) is 14.7. The summed E-state index contributed by atoms with van der Waals surface area (Å²) < 4.78 is 89.7. The molecule has 0 fully saturated rings. The second-order valence-corrected chi connectivity index (χ2v) is 10.9. The van der Waals surface area contributed by atoms with Crippen molar-refractivity contribution < 1.29 is 18.1 Å². The van der Waals surface area contributed by atoms with Crippen LogP contribution >= 0.6 is 0 Å². The number of benzene rings is 8. The van der Waals surface area contributed by atoms with E-state index in [1.54, 1.807) is 24.3 Å². The summed E-state index contributed by atoms with van der Waals surface area (Å²) in [4.78, 5) is 0. The molecule has 0 amide bonds. The Morgan fingerprint density at radius 2 is 0.911 bits per heavy atom. The molecule has 1 heterocycles. The van der Waals surface area contributed by atoms with Crippen molar-refractivity contribution in [1.82, 2.24) is 0 Å². The number of hydrogen-bond donors (Lipinski definition) is 0. The first kappa shape index (κ1) is 17.4. The van der Waals surface area contributed by atoms with Gasteiger partial charge in [-0.2, -0.15) is 0 Å². The fourth-order valence-electron chi connectivity index (χ4n) is 6.52. The average Bonchev–Trinajstić information content (AvgIpc) is 3.59. The molecule has 0 saturated carbocycles. The van der Waals surface area contributed by atoms with Gasteiger partial charge < -0.3 is 4.42 Å². The fraction of sp³-hybridized carbons (Fsp3) is 0. The number of hydrogen-bond acceptors (Lipinski definition) is 1. The van der Waals surface area contributed by atoms with E-state index in [2.05, 4.69) is 24.3 Å². The third-order valence-electron chi connectivity index (χ3n) is 8.45. The predicted molar refractivity (Wildman–Crippen MR) is 190 cm³/mol. The largest absolute Gasteiger partial charge is 0.456 e. The maximum Gasteiger partial charge on any atom is 0.136 e. The van der Waals surface area contributed by atoms with Gasteiger partial charge in [0.25, 0.3) is 0 Å². The Hall–Kier alpha value is -5.92. The molecule has 0 spiro atoms. The standard InChI is InChI=1S/C44H28O/c1-3-12-29(13-4-1)30-22-24-32(25-23-30)42-35-16-7-9-18-37(35)43(38-19-10-8-17-36(38)42)33-26-27-40-39(28-33)44-34(20-11-21-41(44)45-40)31-14-5-2-6-15-31/h1-28H/i1D,2D,3D,4D,5D,6D,12D,13D,14D,15D. The predicted octanol–water partition coefficient (Wildman–Crippen LogP) is 12.6. The maximum absolute atomic E-state index is 8.71. The van der Waals surface area contributed by atoms with E-state index in [0.29, 0.717) is 27.7 Å². The van der Waals surface area contributed by atoms with Gasteiger partial charge >= 0.3 is 0 Å². The molecule has 0 aliphatic rings. The minimum Gasteiger partial charge on any atom is -0.456 e. The minimum absolute atomic E-state index is 0.113. The molecule has 8 aromatic carbocycles. The van der Waals surface area contributed by atoms with Gasteiger partial charge in [-0.25, -0.2) is 0 Å². The van der Waals surface area contributed by atoms with Gasteiger partial charge in [-0.15, -0.1) is 0 Å². The van der Waals surface area contributed by atoms with E-state index in [1.165, 1.54) is 0 Å². The molecule has 0 aliphatic heterocycles. The zero-order chi connectivity index (χ0) is 38.4. The molecule has 45 heavy (non-hydrogen) atoms. The molecule has 210 valence electrons. The van der Waals surface area contributed by atoms with Crippen molar-refractivity contribution in [2.75, 3.05) is 0 Å². The summed E-state index contributed by atoms with van der Waals surface area (Å²) in [6, 6.07) is 31.6. The zero-order valence-corrected chi connectivity index (χ0v) is 23.8. The van der Waals surface area contributed by atoms with Crippen molar-refractivity contribution in [2.24, 2.45) is 0 Å². The molecular weight excluding hydrogens is 544 g/mol. The van der Waals surface area contributed by atoms with Gasteiger partial charge in [-0.05, 0) is 84.3 Å². The van der Waals surface area contributed by atoms with Crippen LogP contribution in [0.25, 0.3) is 88.0 Å². The van der Waals surface area contributed by atoms with Gasteiger partial charge in [0.15, 0.2) is 0 Å². The Morgan fingerprint density at radius 3 is 1.53 bits per heavy atom. The molecule has 1 nitrogen and oxygen atoms in total. The van der Waals surface area contributed by atoms with E-state index in [9.17, 15) is 0 Å². The first-order chi connectivity index (χ1) is 26.5. The summed E-state index contributed by atoms with van der Waals surface area (Å²) in [6.45, 7) is 0. The Morgan fingerprint density at radius 1 is 0.378 bits per heavy atom. The van der Waals surface area contributed by atoms with Gasteiger partial charge in [0.1, 0.15) is 11.2 Å². The third-order valence-corrected chi connectivity index (χ3v) is 8.45. The lowest BCUT2D eigenvalue weighted by Crippen LogP contribution is -1.91. The molecule has 0 unspecified atom stereocenters. The van der Waals surface area contributed by atoms with Crippen molar-refractivity contribution in [1.29, 1.82) is 0 Å². The Bertz CT molecular complexity index is 2980. The van der Waals surface area contributed by atoms with Crippen LogP contribution in [0.2, 0.25) is 0 Å². The molecule has 0 bridgehead atoms. The molecule has 0 atom stereocenters. The average molecular weight is 583 g/mol. The summed E-state index contributed by atoms with van der Waals surface area (Å²) in [5, 5.41) is 5.36. The minimum atomic E-state index is -0.447. The highest BCUT2D eigenvalue weighted by Gasteiger charge is 2.19. The van der Waals surface area contributed by atoms with Crippen LogP contribution in [0, 0.1) is 0 Å². The summed E-state index contributed by atoms with van der Waals surface area (Å²) in [6.07, 6.45) is 0. The van der Waals surface area contributed by atoms with Crippen LogP contribution in [0.15, 0.2) is 174 Å². The summed E-state index contributed by atoms with van der Waals surface area (Å²) in [5.41, 5.74) is 6.19. The van der Waals surface area contributed by atoms with Gasteiger partial charge in [0, 0.05) is 10.8 Å².